The van der Waals surface area contributed by atoms with E-state index >= 15 is 0 Å². The average Bonchev–Trinajstić information content (AvgIpc) is 2.49. The highest BCUT2D eigenvalue weighted by atomic mass is 16.5. The van der Waals surface area contributed by atoms with Crippen LogP contribution in [0.2, 0.25) is 0 Å². The molecule has 2 rings (SSSR count). The second kappa shape index (κ2) is 4.99. The Morgan fingerprint density at radius 1 is 1.05 bits per heavy atom. The number of hydrogen-bond acceptors (Lipinski definition) is 3. The minimum atomic E-state index is -0.572. The first-order chi connectivity index (χ1) is 8.08. The largest absolute Gasteiger partial charge is 0.412 e. The van der Waals surface area contributed by atoms with E-state index in [9.17, 15) is 10.2 Å². The van der Waals surface area contributed by atoms with Crippen molar-refractivity contribution in [2.24, 2.45) is 11.8 Å². The molecule has 0 unspecified atom stereocenters. The van der Waals surface area contributed by atoms with Crippen LogP contribution in [0.25, 0.3) is 0 Å². The van der Waals surface area contributed by atoms with Gasteiger partial charge < -0.3 is 20.4 Å². The average molecular weight is 274 g/mol. The van der Waals surface area contributed by atoms with E-state index in [2.05, 4.69) is 13.8 Å². The lowest BCUT2D eigenvalue weighted by Crippen LogP contribution is -2.56. The van der Waals surface area contributed by atoms with Crippen LogP contribution in [0.1, 0.15) is 60.3 Å². The van der Waals surface area contributed by atoms with E-state index in [1.807, 2.05) is 20.8 Å². The number of hydrogen-bond donors (Lipinski definition) is 2. The Morgan fingerprint density at radius 3 is 2.05 bits per heavy atom. The number of rotatable bonds is 1. The molecule has 0 aromatic carbocycles. The fourth-order valence-corrected chi connectivity index (χ4v) is 3.94. The summed E-state index contributed by atoms with van der Waals surface area (Å²) in [5.41, 5.74) is -1.28. The van der Waals surface area contributed by atoms with Crippen LogP contribution < -0.4 is 0 Å². The van der Waals surface area contributed by atoms with Crippen molar-refractivity contribution in [1.82, 2.24) is 0 Å². The molecule has 4 nitrogen and oxygen atoms in total. The molecule has 1 saturated carbocycles. The fraction of sp³-hybridized carbons (Fsp3) is 1.00. The van der Waals surface area contributed by atoms with E-state index in [0.29, 0.717) is 5.92 Å². The summed E-state index contributed by atoms with van der Waals surface area (Å²) >= 11 is 0. The van der Waals surface area contributed by atoms with Crippen molar-refractivity contribution in [3.8, 4) is 0 Å². The first kappa shape index (κ1) is 16.9. The van der Waals surface area contributed by atoms with Gasteiger partial charge >= 0.3 is 0 Å². The highest BCUT2D eigenvalue weighted by Crippen LogP contribution is 2.51. The van der Waals surface area contributed by atoms with Crippen molar-refractivity contribution in [3.63, 3.8) is 0 Å². The summed E-state index contributed by atoms with van der Waals surface area (Å²) < 4.78 is 6.26. The monoisotopic (exact) mass is 274 g/mol. The van der Waals surface area contributed by atoms with Crippen molar-refractivity contribution >= 4 is 0 Å². The molecule has 0 radical (unpaired) electrons. The van der Waals surface area contributed by atoms with Crippen LogP contribution in [0.4, 0.5) is 0 Å². The molecule has 0 amide bonds. The molecule has 0 aromatic heterocycles. The van der Waals surface area contributed by atoms with Crippen molar-refractivity contribution in [1.29, 1.82) is 0 Å². The predicted octanol–water partition coefficient (Wildman–Crippen LogP) is 1.67. The Bertz CT molecular complexity index is 326. The lowest BCUT2D eigenvalue weighted by Gasteiger charge is -2.50. The number of aliphatic hydroxyl groups is 2. The van der Waals surface area contributed by atoms with Crippen LogP contribution in [0, 0.1) is 11.8 Å². The molecule has 2 fully saturated rings. The zero-order valence-electron chi connectivity index (χ0n) is 12.9. The van der Waals surface area contributed by atoms with E-state index in [1.165, 1.54) is 0 Å². The maximum absolute atomic E-state index is 10.4. The summed E-state index contributed by atoms with van der Waals surface area (Å²) in [4.78, 5) is 0. The van der Waals surface area contributed by atoms with Crippen molar-refractivity contribution in [2.75, 3.05) is 0 Å². The molecule has 0 aromatic rings. The predicted molar refractivity (Wildman–Crippen MR) is 74.9 cm³/mol. The molecule has 2 aliphatic rings. The van der Waals surface area contributed by atoms with Gasteiger partial charge in [-0.2, -0.15) is 0 Å². The van der Waals surface area contributed by atoms with Gasteiger partial charge in [-0.25, -0.2) is 0 Å². The van der Waals surface area contributed by atoms with E-state index in [0.717, 1.165) is 25.7 Å². The minimum Gasteiger partial charge on any atom is -0.412 e. The van der Waals surface area contributed by atoms with Gasteiger partial charge in [0.15, 0.2) is 0 Å². The zero-order valence-corrected chi connectivity index (χ0v) is 12.9. The number of aliphatic hydroxyl groups excluding tert-OH is 1. The molecular formula is C15H30O4. The van der Waals surface area contributed by atoms with Crippen molar-refractivity contribution in [3.05, 3.63) is 0 Å². The van der Waals surface area contributed by atoms with Crippen LogP contribution in [0.3, 0.4) is 0 Å². The van der Waals surface area contributed by atoms with E-state index in [4.69, 9.17) is 4.74 Å². The third-order valence-electron chi connectivity index (χ3n) is 5.54. The number of ether oxygens (including phenoxy) is 1. The summed E-state index contributed by atoms with van der Waals surface area (Å²) in [5.74, 6) is 0.618. The molecule has 4 heteroatoms. The lowest BCUT2D eigenvalue weighted by atomic mass is 9.73. The van der Waals surface area contributed by atoms with E-state index < -0.39 is 11.2 Å². The minimum absolute atomic E-state index is 0. The third kappa shape index (κ3) is 2.82. The Morgan fingerprint density at radius 2 is 1.63 bits per heavy atom. The van der Waals surface area contributed by atoms with Crippen molar-refractivity contribution < 1.29 is 20.4 Å². The second-order valence-corrected chi connectivity index (χ2v) is 7.36. The van der Waals surface area contributed by atoms with Gasteiger partial charge in [-0.15, -0.1) is 0 Å². The van der Waals surface area contributed by atoms with E-state index in [-0.39, 0.29) is 23.1 Å². The maximum Gasteiger partial charge on any atom is 0.0891 e. The Balaban J connectivity index is 0.00000180. The van der Waals surface area contributed by atoms with E-state index in [1.54, 1.807) is 0 Å². The van der Waals surface area contributed by atoms with Gasteiger partial charge in [0.2, 0.25) is 0 Å². The molecule has 0 spiro atoms. The van der Waals surface area contributed by atoms with Gasteiger partial charge in [-0.05, 0) is 65.2 Å². The van der Waals surface area contributed by atoms with Gasteiger partial charge in [0.25, 0.3) is 0 Å². The van der Waals surface area contributed by atoms with Crippen molar-refractivity contribution in [2.45, 2.75) is 83.2 Å². The van der Waals surface area contributed by atoms with Crippen LogP contribution in [-0.4, -0.2) is 38.6 Å². The Hall–Kier alpha value is -0.160. The summed E-state index contributed by atoms with van der Waals surface area (Å²) in [7, 11) is 0. The molecule has 5 atom stereocenters. The summed E-state index contributed by atoms with van der Waals surface area (Å²) in [6, 6.07) is 0. The topological polar surface area (TPSA) is 81.2 Å². The highest BCUT2D eigenvalue weighted by molar-refractivity contribution is 5.03. The zero-order chi connectivity index (χ0) is 13.8. The van der Waals surface area contributed by atoms with Crippen LogP contribution >= 0.6 is 0 Å². The quantitative estimate of drug-likeness (QED) is 0.763. The molecular weight excluding hydrogens is 244 g/mol. The first-order valence-corrected chi connectivity index (χ1v) is 7.19. The summed E-state index contributed by atoms with van der Waals surface area (Å²) in [5, 5.41) is 20.4. The summed E-state index contributed by atoms with van der Waals surface area (Å²) in [6.45, 7) is 10.1. The lowest BCUT2D eigenvalue weighted by molar-refractivity contribution is -0.238. The maximum atomic E-state index is 10.4. The highest BCUT2D eigenvalue weighted by Gasteiger charge is 2.53. The molecule has 0 bridgehead atoms. The van der Waals surface area contributed by atoms with Gasteiger partial charge in [0, 0.05) is 0 Å². The van der Waals surface area contributed by atoms with Crippen LogP contribution in [-0.2, 0) is 4.74 Å². The normalized spacial score (nSPS) is 49.7. The Labute approximate surface area is 116 Å². The van der Waals surface area contributed by atoms with Crippen LogP contribution in [0.15, 0.2) is 0 Å². The Kier molecular flexibility index (Phi) is 4.44. The third-order valence-corrected chi connectivity index (χ3v) is 5.54. The molecule has 19 heavy (non-hydrogen) atoms. The summed E-state index contributed by atoms with van der Waals surface area (Å²) in [6.07, 6.45) is 3.14. The van der Waals surface area contributed by atoms with Crippen LogP contribution in [0.5, 0.6) is 0 Å². The molecule has 1 saturated heterocycles. The molecule has 1 heterocycles. The SMILES string of the molecule is C[C@H]1[C@H]([C@@]2(C)CC[C@H](O)C(C)(C)O2)CC[C@@]1(C)O.O. The van der Waals surface area contributed by atoms with Gasteiger partial charge in [-0.1, -0.05) is 6.92 Å². The molecule has 4 N–H and O–H groups in total. The smallest absolute Gasteiger partial charge is 0.0891 e. The fourth-order valence-electron chi connectivity index (χ4n) is 3.94. The molecule has 114 valence electrons. The van der Waals surface area contributed by atoms with Gasteiger partial charge in [0.05, 0.1) is 22.9 Å². The molecule has 1 aliphatic heterocycles. The van der Waals surface area contributed by atoms with Gasteiger partial charge in [0.1, 0.15) is 0 Å². The molecule has 1 aliphatic carbocycles. The second-order valence-electron chi connectivity index (χ2n) is 7.36. The first-order valence-electron chi connectivity index (χ1n) is 7.19. The van der Waals surface area contributed by atoms with Gasteiger partial charge in [-0.3, -0.25) is 0 Å². The standard InChI is InChI=1S/C15H28O3.H2O/c1-10-11(6-8-14(10,4)17)15(5)9-7-12(16)13(2,3)18-15;/h10-12,16-17H,6-9H2,1-5H3;1H2/t10-,11+,12-,14+,15+;/m0./s1.